The Morgan fingerprint density at radius 3 is 2.45 bits per heavy atom. The van der Waals surface area contributed by atoms with Gasteiger partial charge in [-0.15, -0.1) is 0 Å². The fourth-order valence-corrected chi connectivity index (χ4v) is 2.26. The minimum absolute atomic E-state index is 0.277. The Balaban J connectivity index is 1.55. The van der Waals surface area contributed by atoms with Gasteiger partial charge < -0.3 is 19.3 Å². The average molecular weight is 301 g/mol. The van der Waals surface area contributed by atoms with Gasteiger partial charge >= 0.3 is 0 Å². The fourth-order valence-electron chi connectivity index (χ4n) is 2.26. The number of pyridine rings is 1. The van der Waals surface area contributed by atoms with Gasteiger partial charge in [0.15, 0.2) is 0 Å². The minimum Gasteiger partial charge on any atom is -0.491 e. The monoisotopic (exact) mass is 301 g/mol. The second kappa shape index (κ2) is 6.77. The summed E-state index contributed by atoms with van der Waals surface area (Å²) >= 11 is 0. The Hall–Kier alpha value is -2.11. The maximum atomic E-state index is 10.3. The second-order valence-electron chi connectivity index (χ2n) is 5.39. The number of nitrogens with zero attached hydrogens (tertiary/aromatic N) is 1. The molecular weight excluding hydrogens is 282 g/mol. The summed E-state index contributed by atoms with van der Waals surface area (Å²) in [7, 11) is 0. The Kier molecular flexibility index (Phi) is 4.56. The summed E-state index contributed by atoms with van der Waals surface area (Å²) in [6.45, 7) is 1.44. The van der Waals surface area contributed by atoms with Crippen LogP contribution < -0.4 is 9.47 Å². The molecule has 0 saturated carbocycles. The maximum absolute atomic E-state index is 10.3. The molecule has 1 aromatic carbocycles. The summed E-state index contributed by atoms with van der Waals surface area (Å²) in [5, 5.41) is 10.3. The van der Waals surface area contributed by atoms with Gasteiger partial charge in [0.05, 0.1) is 6.20 Å². The maximum Gasteiger partial charge on any atom is 0.145 e. The normalized spacial score (nSPS) is 17.0. The van der Waals surface area contributed by atoms with E-state index in [1.54, 1.807) is 12.4 Å². The zero-order valence-corrected chi connectivity index (χ0v) is 12.3. The molecule has 2 aromatic rings. The van der Waals surface area contributed by atoms with Crippen LogP contribution in [-0.2, 0) is 4.74 Å². The molecule has 1 aliphatic rings. The topological polar surface area (TPSA) is 60.8 Å². The first-order valence-corrected chi connectivity index (χ1v) is 7.34. The number of hydrogen-bond donors (Lipinski definition) is 1. The van der Waals surface area contributed by atoms with E-state index in [-0.39, 0.29) is 6.61 Å². The van der Waals surface area contributed by atoms with Crippen molar-refractivity contribution in [2.75, 3.05) is 19.8 Å². The molecule has 0 amide bonds. The van der Waals surface area contributed by atoms with E-state index in [4.69, 9.17) is 14.2 Å². The molecule has 1 N–H and O–H groups in total. The van der Waals surface area contributed by atoms with Crippen LogP contribution in [0, 0.1) is 0 Å². The predicted molar refractivity (Wildman–Crippen MR) is 81.3 cm³/mol. The Labute approximate surface area is 129 Å². The molecule has 1 aliphatic heterocycles. The number of benzene rings is 1. The van der Waals surface area contributed by atoms with Gasteiger partial charge in [0.1, 0.15) is 29.5 Å². The van der Waals surface area contributed by atoms with Crippen LogP contribution in [0.3, 0.4) is 0 Å². The van der Waals surface area contributed by atoms with Crippen LogP contribution in [0.15, 0.2) is 48.8 Å². The summed E-state index contributed by atoms with van der Waals surface area (Å²) < 4.78 is 16.6. The van der Waals surface area contributed by atoms with Crippen LogP contribution in [0.4, 0.5) is 0 Å². The number of aromatic nitrogens is 1. The SMILES string of the molecule is OC1(COc2ccc(Oc3cccnc3)cc2)CCOCC1. The lowest BCUT2D eigenvalue weighted by Crippen LogP contribution is -2.41. The highest BCUT2D eigenvalue weighted by atomic mass is 16.5. The first-order valence-electron chi connectivity index (χ1n) is 7.34. The Morgan fingerprint density at radius 2 is 1.77 bits per heavy atom. The average Bonchev–Trinajstić information content (AvgIpc) is 2.56. The van der Waals surface area contributed by atoms with Crippen molar-refractivity contribution in [2.45, 2.75) is 18.4 Å². The second-order valence-corrected chi connectivity index (χ2v) is 5.39. The number of rotatable bonds is 5. The van der Waals surface area contributed by atoms with Crippen molar-refractivity contribution in [2.24, 2.45) is 0 Å². The third-order valence-electron chi connectivity index (χ3n) is 3.62. The minimum atomic E-state index is -0.789. The van der Waals surface area contributed by atoms with Crippen molar-refractivity contribution >= 4 is 0 Å². The molecule has 0 spiro atoms. The first-order chi connectivity index (χ1) is 10.7. The van der Waals surface area contributed by atoms with Gasteiger partial charge in [0.25, 0.3) is 0 Å². The molecule has 116 valence electrons. The standard InChI is InChI=1S/C17H19NO4/c19-17(7-10-20-11-8-17)13-21-14-3-5-15(6-4-14)22-16-2-1-9-18-12-16/h1-6,9,12,19H,7-8,10-11,13H2. The molecule has 22 heavy (non-hydrogen) atoms. The van der Waals surface area contributed by atoms with Crippen molar-refractivity contribution in [3.8, 4) is 17.2 Å². The molecule has 0 radical (unpaired) electrons. The van der Waals surface area contributed by atoms with E-state index in [9.17, 15) is 5.11 Å². The highest BCUT2D eigenvalue weighted by molar-refractivity contribution is 5.34. The lowest BCUT2D eigenvalue weighted by Gasteiger charge is -2.31. The van der Waals surface area contributed by atoms with Crippen LogP contribution in [0.5, 0.6) is 17.2 Å². The molecule has 1 fully saturated rings. The smallest absolute Gasteiger partial charge is 0.145 e. The molecule has 0 unspecified atom stereocenters. The van der Waals surface area contributed by atoms with Gasteiger partial charge in [-0.2, -0.15) is 0 Å². The molecular formula is C17H19NO4. The van der Waals surface area contributed by atoms with E-state index in [0.29, 0.717) is 43.3 Å². The molecule has 0 aliphatic carbocycles. The Bertz CT molecular complexity index is 579. The third-order valence-corrected chi connectivity index (χ3v) is 3.62. The highest BCUT2D eigenvalue weighted by Gasteiger charge is 2.30. The van der Waals surface area contributed by atoms with Crippen molar-refractivity contribution in [1.82, 2.24) is 4.98 Å². The lowest BCUT2D eigenvalue weighted by molar-refractivity contribution is -0.0855. The van der Waals surface area contributed by atoms with Crippen molar-refractivity contribution in [3.05, 3.63) is 48.8 Å². The van der Waals surface area contributed by atoms with E-state index >= 15 is 0 Å². The predicted octanol–water partition coefficient (Wildman–Crippen LogP) is 2.79. The number of ether oxygens (including phenoxy) is 3. The van der Waals surface area contributed by atoms with E-state index in [1.165, 1.54) is 0 Å². The summed E-state index contributed by atoms with van der Waals surface area (Å²) in [6.07, 6.45) is 4.57. The summed E-state index contributed by atoms with van der Waals surface area (Å²) in [6, 6.07) is 11.0. The van der Waals surface area contributed by atoms with Crippen molar-refractivity contribution < 1.29 is 19.3 Å². The zero-order chi connectivity index (χ0) is 15.3. The molecule has 5 nitrogen and oxygen atoms in total. The van der Waals surface area contributed by atoms with Crippen molar-refractivity contribution in [3.63, 3.8) is 0 Å². The first kappa shape index (κ1) is 14.8. The molecule has 0 bridgehead atoms. The van der Waals surface area contributed by atoms with Crippen LogP contribution in [-0.4, -0.2) is 35.5 Å². The van der Waals surface area contributed by atoms with Crippen molar-refractivity contribution in [1.29, 1.82) is 0 Å². The largest absolute Gasteiger partial charge is 0.491 e. The van der Waals surface area contributed by atoms with Gasteiger partial charge in [-0.3, -0.25) is 4.98 Å². The van der Waals surface area contributed by atoms with Gasteiger partial charge in [0, 0.05) is 32.3 Å². The fraction of sp³-hybridized carbons (Fsp3) is 0.353. The molecule has 1 aromatic heterocycles. The molecule has 3 rings (SSSR count). The Morgan fingerprint density at radius 1 is 1.05 bits per heavy atom. The molecule has 1 saturated heterocycles. The summed E-state index contributed by atoms with van der Waals surface area (Å²) in [4.78, 5) is 4.00. The van der Waals surface area contributed by atoms with Gasteiger partial charge in [-0.25, -0.2) is 0 Å². The van der Waals surface area contributed by atoms with Gasteiger partial charge in [-0.05, 0) is 36.4 Å². The van der Waals surface area contributed by atoms with E-state index in [2.05, 4.69) is 4.98 Å². The third kappa shape index (κ3) is 3.96. The number of hydrogen-bond acceptors (Lipinski definition) is 5. The van der Waals surface area contributed by atoms with E-state index in [0.717, 1.165) is 0 Å². The quantitative estimate of drug-likeness (QED) is 0.920. The van der Waals surface area contributed by atoms with E-state index < -0.39 is 5.60 Å². The van der Waals surface area contributed by atoms with Gasteiger partial charge in [0.2, 0.25) is 0 Å². The van der Waals surface area contributed by atoms with Gasteiger partial charge in [-0.1, -0.05) is 0 Å². The highest BCUT2D eigenvalue weighted by Crippen LogP contribution is 2.25. The molecule has 2 heterocycles. The molecule has 0 atom stereocenters. The van der Waals surface area contributed by atoms with Crippen LogP contribution in [0.1, 0.15) is 12.8 Å². The van der Waals surface area contributed by atoms with Crippen LogP contribution >= 0.6 is 0 Å². The number of aliphatic hydroxyl groups is 1. The van der Waals surface area contributed by atoms with Crippen LogP contribution in [0.25, 0.3) is 0 Å². The summed E-state index contributed by atoms with van der Waals surface area (Å²) in [5.74, 6) is 2.11. The zero-order valence-electron chi connectivity index (χ0n) is 12.3. The van der Waals surface area contributed by atoms with Crippen LogP contribution in [0.2, 0.25) is 0 Å². The summed E-state index contributed by atoms with van der Waals surface area (Å²) in [5.41, 5.74) is -0.789. The molecule has 5 heteroatoms. The van der Waals surface area contributed by atoms with E-state index in [1.807, 2.05) is 36.4 Å². The lowest BCUT2D eigenvalue weighted by atomic mass is 9.96.